The van der Waals surface area contributed by atoms with Gasteiger partial charge in [0.05, 0.1) is 0 Å². The van der Waals surface area contributed by atoms with Gasteiger partial charge in [-0.3, -0.25) is 4.79 Å². The Morgan fingerprint density at radius 3 is 2.87 bits per heavy atom. The zero-order valence-electron chi connectivity index (χ0n) is 7.84. The number of carboxylic acids is 1. The zero-order valence-corrected chi connectivity index (χ0v) is 7.84. The van der Waals surface area contributed by atoms with Gasteiger partial charge in [0, 0.05) is 0 Å². The van der Waals surface area contributed by atoms with Crippen LogP contribution in [0.4, 0.5) is 0 Å². The monoisotopic (exact) mass is 207 g/mol. The fourth-order valence-electron chi connectivity index (χ4n) is 1.18. The Morgan fingerprint density at radius 1 is 1.40 bits per heavy atom. The molecule has 15 heavy (non-hydrogen) atoms. The number of aliphatic imine (C=N–C) groups is 1. The summed E-state index contributed by atoms with van der Waals surface area (Å²) >= 11 is 0. The summed E-state index contributed by atoms with van der Waals surface area (Å²) in [6.07, 6.45) is 0. The van der Waals surface area contributed by atoms with Gasteiger partial charge in [0.15, 0.2) is 18.1 Å². The van der Waals surface area contributed by atoms with Crippen molar-refractivity contribution in [3.63, 3.8) is 0 Å². The fraction of sp³-hybridized carbons (Fsp3) is 0.200. The molecule has 0 unspecified atom stereocenters. The van der Waals surface area contributed by atoms with Crippen molar-refractivity contribution in [1.82, 2.24) is 0 Å². The lowest BCUT2D eigenvalue weighted by Crippen LogP contribution is -2.24. The third-order valence-corrected chi connectivity index (χ3v) is 1.82. The summed E-state index contributed by atoms with van der Waals surface area (Å²) in [5, 5.41) is 8.44. The van der Waals surface area contributed by atoms with E-state index >= 15 is 0 Å². The van der Waals surface area contributed by atoms with Crippen molar-refractivity contribution < 1.29 is 19.4 Å². The Morgan fingerprint density at radius 2 is 2.13 bits per heavy atom. The van der Waals surface area contributed by atoms with Crippen LogP contribution in [-0.2, 0) is 4.79 Å². The second kappa shape index (κ2) is 4.00. The van der Waals surface area contributed by atoms with E-state index in [4.69, 9.17) is 14.6 Å². The standard InChI is InChI=1S/C10H9NO4/c12-10(13)5-11-9-6-14-7-3-1-2-4-8(7)15-9/h1-4H,5-6H2,(H,12,13). The van der Waals surface area contributed by atoms with E-state index in [1.54, 1.807) is 12.1 Å². The molecule has 1 aliphatic rings. The lowest BCUT2D eigenvalue weighted by molar-refractivity contribution is -0.135. The summed E-state index contributed by atoms with van der Waals surface area (Å²) in [5.41, 5.74) is 0. The molecule has 0 saturated heterocycles. The lowest BCUT2D eigenvalue weighted by Gasteiger charge is -2.18. The predicted molar refractivity (Wildman–Crippen MR) is 52.5 cm³/mol. The number of rotatable bonds is 2. The maximum absolute atomic E-state index is 10.3. The molecule has 2 rings (SSSR count). The molecule has 0 amide bonds. The van der Waals surface area contributed by atoms with Crippen LogP contribution in [0.1, 0.15) is 0 Å². The molecule has 1 aliphatic heterocycles. The van der Waals surface area contributed by atoms with Crippen LogP contribution in [0.5, 0.6) is 11.5 Å². The summed E-state index contributed by atoms with van der Waals surface area (Å²) in [5.74, 6) is 0.501. The molecular formula is C10H9NO4. The van der Waals surface area contributed by atoms with Gasteiger partial charge in [0.25, 0.3) is 0 Å². The van der Waals surface area contributed by atoms with Crippen LogP contribution in [0.15, 0.2) is 29.3 Å². The summed E-state index contributed by atoms with van der Waals surface area (Å²) in [6, 6.07) is 7.16. The first-order valence-corrected chi connectivity index (χ1v) is 4.40. The number of carbonyl (C=O) groups is 1. The number of nitrogens with zero attached hydrogens (tertiary/aromatic N) is 1. The summed E-state index contributed by atoms with van der Waals surface area (Å²) in [6.45, 7) is -0.134. The van der Waals surface area contributed by atoms with Crippen LogP contribution in [-0.4, -0.2) is 30.1 Å². The maximum atomic E-state index is 10.3. The van der Waals surface area contributed by atoms with Gasteiger partial charge in [0.1, 0.15) is 6.54 Å². The Hall–Kier alpha value is -2.04. The number of para-hydroxylation sites is 2. The molecule has 1 aromatic rings. The Kier molecular flexibility index (Phi) is 2.53. The molecule has 0 aliphatic carbocycles. The van der Waals surface area contributed by atoms with E-state index in [0.717, 1.165) is 0 Å². The maximum Gasteiger partial charge on any atom is 0.325 e. The van der Waals surface area contributed by atoms with E-state index in [0.29, 0.717) is 11.5 Å². The van der Waals surface area contributed by atoms with Crippen molar-refractivity contribution in [1.29, 1.82) is 0 Å². The predicted octanol–water partition coefficient (Wildman–Crippen LogP) is 0.941. The average Bonchev–Trinajstić information content (AvgIpc) is 2.26. The molecule has 0 bridgehead atoms. The van der Waals surface area contributed by atoms with Crippen molar-refractivity contribution in [2.45, 2.75) is 0 Å². The van der Waals surface area contributed by atoms with Crippen LogP contribution >= 0.6 is 0 Å². The van der Waals surface area contributed by atoms with E-state index in [1.807, 2.05) is 12.1 Å². The number of fused-ring (bicyclic) bond motifs is 1. The summed E-state index contributed by atoms with van der Waals surface area (Å²) in [4.78, 5) is 14.0. The topological polar surface area (TPSA) is 68.1 Å². The molecule has 0 fully saturated rings. The SMILES string of the molecule is O=C(O)CN=C1COc2ccccc2O1. The van der Waals surface area contributed by atoms with Gasteiger partial charge >= 0.3 is 5.97 Å². The minimum absolute atomic E-state index is 0.171. The van der Waals surface area contributed by atoms with Gasteiger partial charge in [-0.15, -0.1) is 0 Å². The van der Waals surface area contributed by atoms with Crippen molar-refractivity contribution in [3.8, 4) is 11.5 Å². The minimum Gasteiger partial charge on any atom is -0.480 e. The molecule has 1 aromatic carbocycles. The average molecular weight is 207 g/mol. The molecule has 0 saturated carbocycles. The first-order chi connectivity index (χ1) is 7.25. The number of ether oxygens (including phenoxy) is 2. The minimum atomic E-state index is -0.995. The highest BCUT2D eigenvalue weighted by atomic mass is 16.6. The molecular weight excluding hydrogens is 198 g/mol. The number of benzene rings is 1. The molecule has 0 aromatic heterocycles. The molecule has 5 nitrogen and oxygen atoms in total. The molecule has 1 N–H and O–H groups in total. The second-order valence-electron chi connectivity index (χ2n) is 2.94. The van der Waals surface area contributed by atoms with Crippen molar-refractivity contribution in [2.75, 3.05) is 13.2 Å². The highest BCUT2D eigenvalue weighted by Gasteiger charge is 2.15. The largest absolute Gasteiger partial charge is 0.480 e. The van der Waals surface area contributed by atoms with E-state index in [-0.39, 0.29) is 19.0 Å². The first kappa shape index (κ1) is 9.51. The van der Waals surface area contributed by atoms with Crippen molar-refractivity contribution >= 4 is 11.9 Å². The third-order valence-electron chi connectivity index (χ3n) is 1.82. The van der Waals surface area contributed by atoms with Gasteiger partial charge in [-0.2, -0.15) is 0 Å². The van der Waals surface area contributed by atoms with E-state index in [2.05, 4.69) is 4.99 Å². The van der Waals surface area contributed by atoms with E-state index in [1.165, 1.54) is 0 Å². The highest BCUT2D eigenvalue weighted by molar-refractivity contribution is 5.84. The number of aliphatic carboxylic acids is 1. The molecule has 0 spiro atoms. The smallest absolute Gasteiger partial charge is 0.325 e. The van der Waals surface area contributed by atoms with Gasteiger partial charge in [-0.05, 0) is 12.1 Å². The van der Waals surface area contributed by atoms with E-state index in [9.17, 15) is 4.79 Å². The molecule has 78 valence electrons. The quantitative estimate of drug-likeness (QED) is 0.783. The Bertz CT molecular complexity index is 414. The summed E-state index contributed by atoms with van der Waals surface area (Å²) in [7, 11) is 0. The zero-order chi connectivity index (χ0) is 10.7. The normalized spacial score (nSPS) is 16.4. The Labute approximate surface area is 86.0 Å². The van der Waals surface area contributed by atoms with Gasteiger partial charge in [-0.25, -0.2) is 4.99 Å². The van der Waals surface area contributed by atoms with Crippen LogP contribution in [0, 0.1) is 0 Å². The van der Waals surface area contributed by atoms with Gasteiger partial charge in [0.2, 0.25) is 5.90 Å². The molecule has 1 heterocycles. The molecule has 5 heteroatoms. The molecule has 0 radical (unpaired) electrons. The van der Waals surface area contributed by atoms with Crippen LogP contribution in [0.2, 0.25) is 0 Å². The first-order valence-electron chi connectivity index (χ1n) is 4.40. The van der Waals surface area contributed by atoms with E-state index < -0.39 is 5.97 Å². The second-order valence-corrected chi connectivity index (χ2v) is 2.94. The highest BCUT2D eigenvalue weighted by Crippen LogP contribution is 2.29. The fourth-order valence-corrected chi connectivity index (χ4v) is 1.18. The number of hydrogen-bond acceptors (Lipinski definition) is 4. The molecule has 0 atom stereocenters. The summed E-state index contributed by atoms with van der Waals surface area (Å²) < 4.78 is 10.7. The van der Waals surface area contributed by atoms with Gasteiger partial charge in [-0.1, -0.05) is 12.1 Å². The lowest BCUT2D eigenvalue weighted by atomic mass is 10.3. The van der Waals surface area contributed by atoms with Crippen LogP contribution in [0.25, 0.3) is 0 Å². The van der Waals surface area contributed by atoms with Crippen molar-refractivity contribution in [2.24, 2.45) is 4.99 Å². The van der Waals surface area contributed by atoms with Crippen molar-refractivity contribution in [3.05, 3.63) is 24.3 Å². The van der Waals surface area contributed by atoms with Crippen LogP contribution < -0.4 is 9.47 Å². The number of carboxylic acid groups (broad SMARTS) is 1. The van der Waals surface area contributed by atoms with Crippen LogP contribution in [0.3, 0.4) is 0 Å². The Balaban J connectivity index is 2.12. The third kappa shape index (κ3) is 2.25. The number of hydrogen-bond donors (Lipinski definition) is 1. The van der Waals surface area contributed by atoms with Gasteiger partial charge < -0.3 is 14.6 Å².